The number of hydrogen-bond acceptors (Lipinski definition) is 3. The van der Waals surface area contributed by atoms with Crippen LogP contribution in [0.1, 0.15) is 30.1 Å². The molecule has 110 valence electrons. The quantitative estimate of drug-likeness (QED) is 0.802. The van der Waals surface area contributed by atoms with Gasteiger partial charge in [-0.1, -0.05) is 0 Å². The van der Waals surface area contributed by atoms with E-state index in [9.17, 15) is 9.59 Å². The second-order valence-electron chi connectivity index (χ2n) is 5.99. The van der Waals surface area contributed by atoms with Crippen molar-refractivity contribution in [2.45, 2.75) is 19.8 Å². The molecule has 0 spiro atoms. The molecule has 1 aromatic rings. The molecule has 6 heteroatoms. The van der Waals surface area contributed by atoms with E-state index in [-0.39, 0.29) is 11.8 Å². The Balaban J connectivity index is 2.14. The summed E-state index contributed by atoms with van der Waals surface area (Å²) >= 11 is 0. The van der Waals surface area contributed by atoms with Gasteiger partial charge in [0.1, 0.15) is 0 Å². The van der Waals surface area contributed by atoms with Gasteiger partial charge < -0.3 is 9.80 Å². The van der Waals surface area contributed by atoms with Crippen LogP contribution >= 0.6 is 0 Å². The van der Waals surface area contributed by atoms with Crippen LogP contribution in [-0.2, 0) is 11.8 Å². The maximum atomic E-state index is 12.4. The summed E-state index contributed by atoms with van der Waals surface area (Å²) in [5.74, 6) is 0.0387. The van der Waals surface area contributed by atoms with Gasteiger partial charge >= 0.3 is 0 Å². The predicted molar refractivity (Wildman–Crippen MR) is 75.1 cm³/mol. The number of amides is 2. The Hall–Kier alpha value is -1.85. The lowest BCUT2D eigenvalue weighted by atomic mass is 9.80. The normalized spacial score (nSPS) is 22.7. The minimum absolute atomic E-state index is 0.0458. The van der Waals surface area contributed by atoms with E-state index >= 15 is 0 Å². The number of piperidine rings is 1. The number of carbonyl (C=O) groups excluding carboxylic acids is 2. The minimum atomic E-state index is -0.486. The van der Waals surface area contributed by atoms with E-state index in [1.807, 2.05) is 6.92 Å². The smallest absolute Gasteiger partial charge is 0.257 e. The number of carbonyl (C=O) groups is 2. The first-order valence-corrected chi connectivity index (χ1v) is 6.83. The lowest BCUT2D eigenvalue weighted by Gasteiger charge is -2.40. The minimum Gasteiger partial charge on any atom is -0.348 e. The molecule has 0 aliphatic carbocycles. The van der Waals surface area contributed by atoms with Crippen LogP contribution in [0.2, 0.25) is 0 Å². The second-order valence-corrected chi connectivity index (χ2v) is 5.99. The molecular weight excluding hydrogens is 256 g/mol. The van der Waals surface area contributed by atoms with Gasteiger partial charge in [0.2, 0.25) is 5.91 Å². The third-order valence-corrected chi connectivity index (χ3v) is 3.86. The van der Waals surface area contributed by atoms with Crippen molar-refractivity contribution in [1.82, 2.24) is 19.6 Å². The van der Waals surface area contributed by atoms with Crippen LogP contribution in [0.25, 0.3) is 0 Å². The van der Waals surface area contributed by atoms with Crippen molar-refractivity contribution in [3.8, 4) is 0 Å². The lowest BCUT2D eigenvalue weighted by Crippen LogP contribution is -2.51. The van der Waals surface area contributed by atoms with Gasteiger partial charge in [-0.05, 0) is 19.8 Å². The Kier molecular flexibility index (Phi) is 3.83. The average Bonchev–Trinajstić information content (AvgIpc) is 2.83. The SMILES string of the molecule is CN(C)C(=O)C1(C)CCCN(C(=O)c2cnn(C)c2)C1. The summed E-state index contributed by atoms with van der Waals surface area (Å²) in [7, 11) is 5.30. The van der Waals surface area contributed by atoms with Crippen molar-refractivity contribution < 1.29 is 9.59 Å². The molecule has 1 aliphatic rings. The molecule has 0 bridgehead atoms. The molecule has 1 saturated heterocycles. The fraction of sp³-hybridized carbons (Fsp3) is 0.643. The van der Waals surface area contributed by atoms with Gasteiger partial charge in [0.15, 0.2) is 0 Å². The first kappa shape index (κ1) is 14.6. The number of likely N-dealkylation sites (tertiary alicyclic amines) is 1. The fourth-order valence-electron chi connectivity index (χ4n) is 2.84. The highest BCUT2D eigenvalue weighted by molar-refractivity contribution is 5.94. The first-order valence-electron chi connectivity index (χ1n) is 6.83. The number of hydrogen-bond donors (Lipinski definition) is 0. The van der Waals surface area contributed by atoms with Crippen LogP contribution in [0.15, 0.2) is 12.4 Å². The molecule has 20 heavy (non-hydrogen) atoms. The molecule has 1 atom stereocenters. The summed E-state index contributed by atoms with van der Waals surface area (Å²) in [6.07, 6.45) is 4.95. The zero-order chi connectivity index (χ0) is 14.9. The van der Waals surface area contributed by atoms with Crippen LogP contribution in [0.5, 0.6) is 0 Å². The van der Waals surface area contributed by atoms with Crippen LogP contribution in [0.3, 0.4) is 0 Å². The van der Waals surface area contributed by atoms with Crippen molar-refractivity contribution in [3.05, 3.63) is 18.0 Å². The Morgan fingerprint density at radius 2 is 2.10 bits per heavy atom. The highest BCUT2D eigenvalue weighted by atomic mass is 16.2. The summed E-state index contributed by atoms with van der Waals surface area (Å²) in [6.45, 7) is 3.11. The molecule has 1 aromatic heterocycles. The second kappa shape index (κ2) is 5.26. The number of rotatable bonds is 2. The third-order valence-electron chi connectivity index (χ3n) is 3.86. The van der Waals surface area contributed by atoms with Gasteiger partial charge in [-0.3, -0.25) is 14.3 Å². The molecule has 1 unspecified atom stereocenters. The molecule has 2 amide bonds. The van der Waals surface area contributed by atoms with Crippen LogP contribution in [0, 0.1) is 5.41 Å². The highest BCUT2D eigenvalue weighted by Crippen LogP contribution is 2.31. The van der Waals surface area contributed by atoms with Gasteiger partial charge in [0, 0.05) is 40.4 Å². The lowest BCUT2D eigenvalue weighted by molar-refractivity contribution is -0.141. The van der Waals surface area contributed by atoms with Crippen molar-refractivity contribution in [2.75, 3.05) is 27.2 Å². The Bertz CT molecular complexity index is 523. The van der Waals surface area contributed by atoms with Gasteiger partial charge in [-0.2, -0.15) is 5.10 Å². The molecule has 6 nitrogen and oxygen atoms in total. The fourth-order valence-corrected chi connectivity index (χ4v) is 2.84. The van der Waals surface area contributed by atoms with Crippen LogP contribution in [-0.4, -0.2) is 58.6 Å². The zero-order valence-electron chi connectivity index (χ0n) is 12.6. The number of aryl methyl sites for hydroxylation is 1. The third kappa shape index (κ3) is 2.69. The van der Waals surface area contributed by atoms with Gasteiger partial charge in [-0.15, -0.1) is 0 Å². The van der Waals surface area contributed by atoms with E-state index in [1.54, 1.807) is 48.0 Å². The van der Waals surface area contributed by atoms with E-state index in [0.717, 1.165) is 12.8 Å². The van der Waals surface area contributed by atoms with Gasteiger partial charge in [0.05, 0.1) is 17.2 Å². The summed E-state index contributed by atoms with van der Waals surface area (Å²) in [4.78, 5) is 28.1. The molecule has 0 aromatic carbocycles. The van der Waals surface area contributed by atoms with E-state index in [2.05, 4.69) is 5.10 Å². The van der Waals surface area contributed by atoms with Crippen LogP contribution in [0.4, 0.5) is 0 Å². The standard InChI is InChI=1S/C14H22N4O2/c1-14(13(20)16(2)3)6-5-7-18(10-14)12(19)11-8-15-17(4)9-11/h8-9H,5-7,10H2,1-4H3. The van der Waals surface area contributed by atoms with E-state index in [1.165, 1.54) is 0 Å². The Morgan fingerprint density at radius 3 is 2.65 bits per heavy atom. The highest BCUT2D eigenvalue weighted by Gasteiger charge is 2.40. The van der Waals surface area contributed by atoms with E-state index in [4.69, 9.17) is 0 Å². The predicted octanol–water partition coefficient (Wildman–Crippen LogP) is 0.751. The zero-order valence-corrected chi connectivity index (χ0v) is 12.6. The first-order chi connectivity index (χ1) is 9.33. The molecule has 2 heterocycles. The van der Waals surface area contributed by atoms with Crippen molar-refractivity contribution >= 4 is 11.8 Å². The van der Waals surface area contributed by atoms with E-state index < -0.39 is 5.41 Å². The van der Waals surface area contributed by atoms with Crippen molar-refractivity contribution in [3.63, 3.8) is 0 Å². The molecule has 0 radical (unpaired) electrons. The summed E-state index contributed by atoms with van der Waals surface area (Å²) in [6, 6.07) is 0. The number of aromatic nitrogens is 2. The molecule has 2 rings (SSSR count). The monoisotopic (exact) mass is 278 g/mol. The van der Waals surface area contributed by atoms with E-state index in [0.29, 0.717) is 18.7 Å². The molecule has 1 fully saturated rings. The Labute approximate surface area is 119 Å². The Morgan fingerprint density at radius 1 is 1.40 bits per heavy atom. The molecule has 1 aliphatic heterocycles. The van der Waals surface area contributed by atoms with Crippen LogP contribution < -0.4 is 0 Å². The molecule has 0 saturated carbocycles. The molecule has 0 N–H and O–H groups in total. The maximum absolute atomic E-state index is 12.4. The van der Waals surface area contributed by atoms with Gasteiger partial charge in [0.25, 0.3) is 5.91 Å². The summed E-state index contributed by atoms with van der Waals surface area (Å²) in [5.41, 5.74) is 0.0913. The van der Waals surface area contributed by atoms with Gasteiger partial charge in [-0.25, -0.2) is 0 Å². The summed E-state index contributed by atoms with van der Waals surface area (Å²) in [5, 5.41) is 4.03. The maximum Gasteiger partial charge on any atom is 0.257 e. The number of nitrogens with zero attached hydrogens (tertiary/aromatic N) is 4. The summed E-state index contributed by atoms with van der Waals surface area (Å²) < 4.78 is 1.61. The molecular formula is C14H22N4O2. The average molecular weight is 278 g/mol. The van der Waals surface area contributed by atoms with Crippen molar-refractivity contribution in [2.24, 2.45) is 12.5 Å². The largest absolute Gasteiger partial charge is 0.348 e. The van der Waals surface area contributed by atoms with Crippen molar-refractivity contribution in [1.29, 1.82) is 0 Å². The topological polar surface area (TPSA) is 58.4 Å².